The van der Waals surface area contributed by atoms with Gasteiger partial charge < -0.3 is 5.32 Å². The van der Waals surface area contributed by atoms with E-state index in [2.05, 4.69) is 21.2 Å². The van der Waals surface area contributed by atoms with Crippen molar-refractivity contribution in [2.75, 3.05) is 5.32 Å². The second-order valence-corrected chi connectivity index (χ2v) is 4.44. The first-order valence-corrected chi connectivity index (χ1v) is 5.87. The molecule has 0 unspecified atom stereocenters. The van der Waals surface area contributed by atoms with Crippen LogP contribution in [0.15, 0.2) is 46.9 Å². The van der Waals surface area contributed by atoms with Crippen molar-refractivity contribution in [1.29, 1.82) is 0 Å². The van der Waals surface area contributed by atoms with Gasteiger partial charge in [-0.3, -0.25) is 4.79 Å². The maximum Gasteiger partial charge on any atom is 0.255 e. The zero-order valence-electron chi connectivity index (χ0n) is 9.08. The van der Waals surface area contributed by atoms with E-state index in [0.717, 1.165) is 0 Å². The van der Waals surface area contributed by atoms with Crippen LogP contribution in [0.5, 0.6) is 0 Å². The molecule has 1 N–H and O–H groups in total. The molecule has 0 aromatic heterocycles. The van der Waals surface area contributed by atoms with Crippen LogP contribution in [0.3, 0.4) is 0 Å². The molecule has 0 spiro atoms. The lowest BCUT2D eigenvalue weighted by Crippen LogP contribution is -2.12. The highest BCUT2D eigenvalue weighted by Crippen LogP contribution is 2.23. The fourth-order valence-electron chi connectivity index (χ4n) is 1.39. The smallest absolute Gasteiger partial charge is 0.255 e. The monoisotopic (exact) mass is 311 g/mol. The van der Waals surface area contributed by atoms with Gasteiger partial charge in [-0.25, -0.2) is 8.78 Å². The van der Waals surface area contributed by atoms with Gasteiger partial charge in [0.25, 0.3) is 5.91 Å². The average molecular weight is 312 g/mol. The molecule has 0 aliphatic heterocycles. The van der Waals surface area contributed by atoms with Gasteiger partial charge in [0, 0.05) is 10.0 Å². The molecule has 0 fully saturated rings. The maximum absolute atomic E-state index is 13.0. The molecule has 0 saturated heterocycles. The predicted octanol–water partition coefficient (Wildman–Crippen LogP) is 3.98. The summed E-state index contributed by atoms with van der Waals surface area (Å²) in [7, 11) is 0. The van der Waals surface area contributed by atoms with Gasteiger partial charge in [0.1, 0.15) is 11.6 Å². The number of hydrogen-bond acceptors (Lipinski definition) is 1. The van der Waals surface area contributed by atoms with Crippen LogP contribution in [0.1, 0.15) is 10.4 Å². The number of amides is 1. The van der Waals surface area contributed by atoms with Crippen molar-refractivity contribution in [2.24, 2.45) is 0 Å². The van der Waals surface area contributed by atoms with Crippen molar-refractivity contribution in [2.45, 2.75) is 0 Å². The number of rotatable bonds is 2. The standard InChI is InChI=1S/C13H8BrF2NO/c14-11-6-5-10(16)7-12(11)17-13(18)8-1-3-9(15)4-2-8/h1-7H,(H,17,18). The predicted molar refractivity (Wildman–Crippen MR) is 68.5 cm³/mol. The second kappa shape index (κ2) is 5.27. The Balaban J connectivity index is 2.21. The minimum Gasteiger partial charge on any atom is -0.321 e. The molecule has 5 heteroatoms. The van der Waals surface area contributed by atoms with Gasteiger partial charge in [-0.2, -0.15) is 0 Å². The first-order chi connectivity index (χ1) is 8.56. The Bertz CT molecular complexity index is 584. The molecule has 2 aromatic carbocycles. The minimum absolute atomic E-state index is 0.299. The lowest BCUT2D eigenvalue weighted by Gasteiger charge is -2.07. The third kappa shape index (κ3) is 2.92. The highest BCUT2D eigenvalue weighted by Gasteiger charge is 2.09. The molecule has 2 rings (SSSR count). The number of carbonyl (C=O) groups is 1. The summed E-state index contributed by atoms with van der Waals surface area (Å²) in [5.74, 6) is -1.30. The molecule has 0 radical (unpaired) electrons. The molecular formula is C13H8BrF2NO. The molecule has 0 saturated carbocycles. The summed E-state index contributed by atoms with van der Waals surface area (Å²) >= 11 is 3.20. The average Bonchev–Trinajstić information content (AvgIpc) is 2.34. The summed E-state index contributed by atoms with van der Waals surface area (Å²) in [4.78, 5) is 11.8. The summed E-state index contributed by atoms with van der Waals surface area (Å²) in [6, 6.07) is 9.07. The van der Waals surface area contributed by atoms with Gasteiger partial charge in [-0.05, 0) is 58.4 Å². The van der Waals surface area contributed by atoms with E-state index in [1.165, 1.54) is 42.5 Å². The molecule has 0 atom stereocenters. The summed E-state index contributed by atoms with van der Waals surface area (Å²) in [6.45, 7) is 0. The SMILES string of the molecule is O=C(Nc1cc(F)ccc1Br)c1ccc(F)cc1. The summed E-state index contributed by atoms with van der Waals surface area (Å²) in [5, 5.41) is 2.54. The molecule has 92 valence electrons. The van der Waals surface area contributed by atoms with Crippen molar-refractivity contribution >= 4 is 27.5 Å². The van der Waals surface area contributed by atoms with E-state index in [1.807, 2.05) is 0 Å². The van der Waals surface area contributed by atoms with Gasteiger partial charge >= 0.3 is 0 Å². The van der Waals surface area contributed by atoms with Crippen LogP contribution in [0, 0.1) is 11.6 Å². The molecule has 0 aliphatic rings. The van der Waals surface area contributed by atoms with E-state index in [9.17, 15) is 13.6 Å². The largest absolute Gasteiger partial charge is 0.321 e. The number of benzene rings is 2. The van der Waals surface area contributed by atoms with Gasteiger partial charge in [0.15, 0.2) is 0 Å². The van der Waals surface area contributed by atoms with Crippen molar-refractivity contribution in [3.8, 4) is 0 Å². The van der Waals surface area contributed by atoms with E-state index in [1.54, 1.807) is 0 Å². The Labute approximate surface area is 111 Å². The fourth-order valence-corrected chi connectivity index (χ4v) is 1.73. The van der Waals surface area contributed by atoms with E-state index in [4.69, 9.17) is 0 Å². The number of nitrogens with one attached hydrogen (secondary N) is 1. The molecule has 2 nitrogen and oxygen atoms in total. The summed E-state index contributed by atoms with van der Waals surface area (Å²) in [5.41, 5.74) is 0.622. The Hall–Kier alpha value is -1.75. The van der Waals surface area contributed by atoms with Crippen LogP contribution in [0.4, 0.5) is 14.5 Å². The third-order valence-corrected chi connectivity index (χ3v) is 2.97. The second-order valence-electron chi connectivity index (χ2n) is 3.59. The van der Waals surface area contributed by atoms with Gasteiger partial charge in [-0.15, -0.1) is 0 Å². The molecular weight excluding hydrogens is 304 g/mol. The van der Waals surface area contributed by atoms with E-state index in [0.29, 0.717) is 15.7 Å². The normalized spacial score (nSPS) is 10.2. The van der Waals surface area contributed by atoms with Gasteiger partial charge in [0.2, 0.25) is 0 Å². The zero-order valence-corrected chi connectivity index (χ0v) is 10.7. The molecule has 2 aromatic rings. The Morgan fingerprint density at radius 2 is 1.61 bits per heavy atom. The van der Waals surface area contributed by atoms with Gasteiger partial charge in [-0.1, -0.05) is 0 Å². The first kappa shape index (κ1) is 12.7. The number of carbonyl (C=O) groups excluding carboxylic acids is 1. The van der Waals surface area contributed by atoms with Crippen LogP contribution in [-0.2, 0) is 0 Å². The Kier molecular flexibility index (Phi) is 3.72. The third-order valence-electron chi connectivity index (χ3n) is 2.28. The van der Waals surface area contributed by atoms with Crippen molar-refractivity contribution < 1.29 is 13.6 Å². The quantitative estimate of drug-likeness (QED) is 0.893. The Morgan fingerprint density at radius 1 is 1.00 bits per heavy atom. The van der Waals surface area contributed by atoms with Crippen LogP contribution in [0.25, 0.3) is 0 Å². The van der Waals surface area contributed by atoms with Crippen LogP contribution < -0.4 is 5.32 Å². The molecule has 1 amide bonds. The summed E-state index contributed by atoms with van der Waals surface area (Å²) < 4.78 is 26.3. The van der Waals surface area contributed by atoms with Crippen molar-refractivity contribution in [3.63, 3.8) is 0 Å². The lowest BCUT2D eigenvalue weighted by molar-refractivity contribution is 0.102. The van der Waals surface area contributed by atoms with Crippen molar-refractivity contribution in [3.05, 3.63) is 64.1 Å². The maximum atomic E-state index is 13.0. The highest BCUT2D eigenvalue weighted by atomic mass is 79.9. The van der Waals surface area contributed by atoms with Crippen LogP contribution >= 0.6 is 15.9 Å². The molecule has 0 aliphatic carbocycles. The van der Waals surface area contributed by atoms with Crippen LogP contribution in [0.2, 0.25) is 0 Å². The van der Waals surface area contributed by atoms with Gasteiger partial charge in [0.05, 0.1) is 5.69 Å². The highest BCUT2D eigenvalue weighted by molar-refractivity contribution is 9.10. The first-order valence-electron chi connectivity index (χ1n) is 5.08. The lowest BCUT2D eigenvalue weighted by atomic mass is 10.2. The minimum atomic E-state index is -0.451. The van der Waals surface area contributed by atoms with E-state index >= 15 is 0 Å². The van der Waals surface area contributed by atoms with E-state index < -0.39 is 17.5 Å². The Morgan fingerprint density at radius 3 is 2.28 bits per heavy atom. The number of hydrogen-bond donors (Lipinski definition) is 1. The molecule has 0 heterocycles. The van der Waals surface area contributed by atoms with E-state index in [-0.39, 0.29) is 0 Å². The zero-order chi connectivity index (χ0) is 13.1. The number of anilines is 1. The fraction of sp³-hybridized carbons (Fsp3) is 0. The topological polar surface area (TPSA) is 29.1 Å². The molecule has 18 heavy (non-hydrogen) atoms. The van der Waals surface area contributed by atoms with Crippen LogP contribution in [-0.4, -0.2) is 5.91 Å². The van der Waals surface area contributed by atoms with Crippen molar-refractivity contribution in [1.82, 2.24) is 0 Å². The molecule has 0 bridgehead atoms. The number of halogens is 3. The summed E-state index contributed by atoms with van der Waals surface area (Å²) in [6.07, 6.45) is 0.